The number of amides is 1. The third kappa shape index (κ3) is 3.16. The highest BCUT2D eigenvalue weighted by Crippen LogP contribution is 2.33. The molecular weight excluding hydrogens is 240 g/mol. The minimum atomic E-state index is 0.143. The number of nitrogens with zero attached hydrogens (tertiary/aromatic N) is 1. The predicted octanol–water partition coefficient (Wildman–Crippen LogP) is 1.35. The molecule has 1 aliphatic heterocycles. The van der Waals surface area contributed by atoms with Gasteiger partial charge in [-0.3, -0.25) is 14.5 Å². The SMILES string of the molecule is O=C(CN1CCCC1C1CCCC1=O)NCC1CC1. The predicted molar refractivity (Wildman–Crippen MR) is 72.7 cm³/mol. The number of nitrogens with one attached hydrogen (secondary N) is 1. The van der Waals surface area contributed by atoms with Crippen molar-refractivity contribution < 1.29 is 9.59 Å². The van der Waals surface area contributed by atoms with Gasteiger partial charge >= 0.3 is 0 Å². The Balaban J connectivity index is 1.50. The van der Waals surface area contributed by atoms with Gasteiger partial charge in [-0.25, -0.2) is 0 Å². The molecule has 1 N–H and O–H groups in total. The van der Waals surface area contributed by atoms with E-state index < -0.39 is 0 Å². The molecule has 0 radical (unpaired) electrons. The fourth-order valence-electron chi connectivity index (χ4n) is 3.57. The minimum Gasteiger partial charge on any atom is -0.355 e. The Morgan fingerprint density at radius 1 is 1.21 bits per heavy atom. The normalized spacial score (nSPS) is 31.9. The van der Waals surface area contributed by atoms with Gasteiger partial charge in [-0.1, -0.05) is 0 Å². The van der Waals surface area contributed by atoms with Crippen LogP contribution in [0.25, 0.3) is 0 Å². The molecule has 1 amide bonds. The van der Waals surface area contributed by atoms with Gasteiger partial charge in [0.05, 0.1) is 6.54 Å². The van der Waals surface area contributed by atoms with Crippen LogP contribution in [0, 0.1) is 11.8 Å². The first-order chi connectivity index (χ1) is 9.24. The van der Waals surface area contributed by atoms with Gasteiger partial charge < -0.3 is 5.32 Å². The first-order valence-corrected chi connectivity index (χ1v) is 7.77. The van der Waals surface area contributed by atoms with E-state index in [1.807, 2.05) is 0 Å². The Hall–Kier alpha value is -0.900. The van der Waals surface area contributed by atoms with Crippen molar-refractivity contribution in [3.63, 3.8) is 0 Å². The lowest BCUT2D eigenvalue weighted by atomic mass is 9.95. The van der Waals surface area contributed by atoms with Crippen LogP contribution in [0.3, 0.4) is 0 Å². The second kappa shape index (κ2) is 5.61. The first-order valence-electron chi connectivity index (χ1n) is 7.77. The summed E-state index contributed by atoms with van der Waals surface area (Å²) in [4.78, 5) is 26.1. The Bertz CT molecular complexity index is 365. The molecule has 1 saturated heterocycles. The van der Waals surface area contributed by atoms with Crippen LogP contribution < -0.4 is 5.32 Å². The molecule has 2 saturated carbocycles. The number of Topliss-reactive ketones (excluding diaryl/α,β-unsaturated/α-hetero) is 1. The van der Waals surface area contributed by atoms with Gasteiger partial charge in [0.1, 0.15) is 5.78 Å². The van der Waals surface area contributed by atoms with Gasteiger partial charge in [-0.15, -0.1) is 0 Å². The Morgan fingerprint density at radius 2 is 2.05 bits per heavy atom. The zero-order valence-corrected chi connectivity index (χ0v) is 11.6. The first kappa shape index (κ1) is 13.1. The monoisotopic (exact) mass is 264 g/mol. The van der Waals surface area contributed by atoms with Gasteiger partial charge in [-0.2, -0.15) is 0 Å². The molecule has 0 aromatic carbocycles. The van der Waals surface area contributed by atoms with Crippen LogP contribution in [0.5, 0.6) is 0 Å². The van der Waals surface area contributed by atoms with E-state index in [4.69, 9.17) is 0 Å². The number of hydrogen-bond donors (Lipinski definition) is 1. The number of rotatable bonds is 5. The van der Waals surface area contributed by atoms with E-state index in [1.54, 1.807) is 0 Å². The van der Waals surface area contributed by atoms with Gasteiger partial charge in [0.2, 0.25) is 5.91 Å². The maximum absolute atomic E-state index is 11.9. The van der Waals surface area contributed by atoms with Crippen molar-refractivity contribution in [1.29, 1.82) is 0 Å². The van der Waals surface area contributed by atoms with E-state index in [1.165, 1.54) is 12.8 Å². The molecule has 2 aliphatic carbocycles. The molecule has 19 heavy (non-hydrogen) atoms. The molecule has 3 aliphatic rings. The summed E-state index contributed by atoms with van der Waals surface area (Å²) in [6.07, 6.45) is 7.58. The van der Waals surface area contributed by atoms with E-state index in [2.05, 4.69) is 10.2 Å². The van der Waals surface area contributed by atoms with Crippen molar-refractivity contribution in [3.8, 4) is 0 Å². The molecule has 4 heteroatoms. The maximum atomic E-state index is 11.9. The molecule has 2 unspecified atom stereocenters. The summed E-state index contributed by atoms with van der Waals surface area (Å²) < 4.78 is 0. The van der Waals surface area contributed by atoms with Gasteiger partial charge in [0.25, 0.3) is 0 Å². The molecule has 1 heterocycles. The van der Waals surface area contributed by atoms with Crippen molar-refractivity contribution in [3.05, 3.63) is 0 Å². The highest BCUT2D eigenvalue weighted by molar-refractivity contribution is 5.84. The van der Waals surface area contributed by atoms with E-state index in [-0.39, 0.29) is 11.8 Å². The lowest BCUT2D eigenvalue weighted by Crippen LogP contribution is -2.44. The lowest BCUT2D eigenvalue weighted by molar-refractivity contribution is -0.125. The zero-order valence-electron chi connectivity index (χ0n) is 11.6. The largest absolute Gasteiger partial charge is 0.355 e. The zero-order chi connectivity index (χ0) is 13.2. The van der Waals surface area contributed by atoms with Gasteiger partial charge in [0.15, 0.2) is 0 Å². The second-order valence-electron chi connectivity index (χ2n) is 6.39. The van der Waals surface area contributed by atoms with Crippen LogP contribution in [-0.2, 0) is 9.59 Å². The Labute approximate surface area is 114 Å². The third-order valence-electron chi connectivity index (χ3n) is 4.86. The van der Waals surface area contributed by atoms with Crippen molar-refractivity contribution >= 4 is 11.7 Å². The van der Waals surface area contributed by atoms with Crippen molar-refractivity contribution in [2.45, 2.75) is 51.0 Å². The molecule has 106 valence electrons. The fraction of sp³-hybridized carbons (Fsp3) is 0.867. The van der Waals surface area contributed by atoms with E-state index in [0.29, 0.717) is 18.4 Å². The van der Waals surface area contributed by atoms with Crippen LogP contribution in [0.15, 0.2) is 0 Å². The van der Waals surface area contributed by atoms with Gasteiger partial charge in [-0.05, 0) is 51.0 Å². The van der Waals surface area contributed by atoms with E-state index in [0.717, 1.165) is 51.1 Å². The average molecular weight is 264 g/mol. The highest BCUT2D eigenvalue weighted by atomic mass is 16.2. The number of ketones is 1. The molecule has 0 aromatic rings. The Kier molecular flexibility index (Phi) is 3.87. The second-order valence-corrected chi connectivity index (χ2v) is 6.39. The molecular formula is C15H24N2O2. The molecule has 0 aromatic heterocycles. The molecule has 2 atom stereocenters. The summed E-state index contributed by atoms with van der Waals surface area (Å²) in [5, 5.41) is 3.03. The maximum Gasteiger partial charge on any atom is 0.234 e. The third-order valence-corrected chi connectivity index (χ3v) is 4.86. The summed E-state index contributed by atoms with van der Waals surface area (Å²) in [6, 6.07) is 0.335. The van der Waals surface area contributed by atoms with Crippen molar-refractivity contribution in [1.82, 2.24) is 10.2 Å². The summed E-state index contributed by atoms with van der Waals surface area (Å²) in [5.41, 5.74) is 0. The number of carbonyl (C=O) groups excluding carboxylic acids is 2. The van der Waals surface area contributed by atoms with Crippen LogP contribution >= 0.6 is 0 Å². The topological polar surface area (TPSA) is 49.4 Å². The molecule has 0 bridgehead atoms. The summed E-state index contributed by atoms with van der Waals surface area (Å²) in [5.74, 6) is 1.51. The molecule has 0 spiro atoms. The van der Waals surface area contributed by atoms with E-state index in [9.17, 15) is 9.59 Å². The molecule has 3 fully saturated rings. The lowest BCUT2D eigenvalue weighted by Gasteiger charge is -2.27. The number of likely N-dealkylation sites (tertiary alicyclic amines) is 1. The average Bonchev–Trinajstić information content (AvgIpc) is 2.97. The van der Waals surface area contributed by atoms with E-state index >= 15 is 0 Å². The number of hydrogen-bond acceptors (Lipinski definition) is 3. The Morgan fingerprint density at radius 3 is 2.74 bits per heavy atom. The summed E-state index contributed by atoms with van der Waals surface area (Å²) in [6.45, 7) is 2.31. The minimum absolute atomic E-state index is 0.143. The van der Waals surface area contributed by atoms with Crippen LogP contribution in [0.4, 0.5) is 0 Å². The molecule has 4 nitrogen and oxygen atoms in total. The summed E-state index contributed by atoms with van der Waals surface area (Å²) >= 11 is 0. The quantitative estimate of drug-likeness (QED) is 0.815. The standard InChI is InChI=1S/C15H24N2O2/c18-14-5-1-3-12(14)13-4-2-8-17(13)10-15(19)16-9-11-6-7-11/h11-13H,1-10H2,(H,16,19). The van der Waals surface area contributed by atoms with Crippen LogP contribution in [0.1, 0.15) is 44.9 Å². The van der Waals surface area contributed by atoms with Crippen molar-refractivity contribution in [2.24, 2.45) is 11.8 Å². The van der Waals surface area contributed by atoms with Crippen molar-refractivity contribution in [2.75, 3.05) is 19.6 Å². The molecule has 3 rings (SSSR count). The van der Waals surface area contributed by atoms with Gasteiger partial charge in [0, 0.05) is 24.9 Å². The summed E-state index contributed by atoms with van der Waals surface area (Å²) in [7, 11) is 0. The highest BCUT2D eigenvalue weighted by Gasteiger charge is 2.38. The van der Waals surface area contributed by atoms with Crippen LogP contribution in [0.2, 0.25) is 0 Å². The number of carbonyl (C=O) groups is 2. The fourth-order valence-corrected chi connectivity index (χ4v) is 3.57. The smallest absolute Gasteiger partial charge is 0.234 e. The van der Waals surface area contributed by atoms with Crippen LogP contribution in [-0.4, -0.2) is 42.3 Å².